The first kappa shape index (κ1) is 20.6. The Morgan fingerprint density at radius 2 is 1.94 bits per heavy atom. The van der Waals surface area contributed by atoms with Crippen molar-refractivity contribution in [1.82, 2.24) is 4.98 Å². The van der Waals surface area contributed by atoms with E-state index in [0.29, 0.717) is 33.3 Å². The number of pyridine rings is 1. The quantitative estimate of drug-likeness (QED) is 0.380. The van der Waals surface area contributed by atoms with E-state index < -0.39 is 0 Å². The molecule has 5 rings (SSSR count). The molecule has 160 valence electrons. The van der Waals surface area contributed by atoms with Crippen LogP contribution in [0, 0.1) is 6.92 Å². The van der Waals surface area contributed by atoms with Crippen molar-refractivity contribution in [2.45, 2.75) is 12.7 Å². The average molecular weight is 464 g/mol. The Bertz CT molecular complexity index is 1260. The summed E-state index contributed by atoms with van der Waals surface area (Å²) in [6.07, 6.45) is 3.41. The number of aromatic nitrogens is 1. The van der Waals surface area contributed by atoms with Gasteiger partial charge in [0.05, 0.1) is 5.69 Å². The lowest BCUT2D eigenvalue weighted by atomic mass is 10.1. The highest BCUT2D eigenvalue weighted by Gasteiger charge is 2.32. The molecule has 3 heterocycles. The van der Waals surface area contributed by atoms with Gasteiger partial charge in [-0.3, -0.25) is 9.69 Å². The smallest absolute Gasteiger partial charge is 0.283 e. The maximum atomic E-state index is 13.4. The van der Waals surface area contributed by atoms with E-state index in [1.165, 1.54) is 11.8 Å². The number of aryl methyl sites for hydroxylation is 1. The standard InChI is InChI=1S/C24H18ClN3O3S/c1-15-4-7-18(8-5-15)28-23(29)19(11-16-6-9-20-21(12-16)31-14-30-20)27-24(28)32-13-17-3-2-10-26-22(17)25/h2-12H,13-14H2,1H3/b19-11-. The van der Waals surface area contributed by atoms with Crippen LogP contribution in [0.2, 0.25) is 5.15 Å². The molecule has 0 radical (unpaired) electrons. The number of amidine groups is 1. The van der Waals surface area contributed by atoms with Crippen LogP contribution in [-0.4, -0.2) is 22.9 Å². The van der Waals surface area contributed by atoms with Crippen molar-refractivity contribution in [1.29, 1.82) is 0 Å². The summed E-state index contributed by atoms with van der Waals surface area (Å²) in [6, 6.07) is 17.1. The summed E-state index contributed by atoms with van der Waals surface area (Å²) in [5.41, 5.74) is 3.92. The summed E-state index contributed by atoms with van der Waals surface area (Å²) in [5, 5.41) is 1.04. The molecule has 0 aliphatic carbocycles. The second-order valence-corrected chi connectivity index (χ2v) is 8.56. The van der Waals surface area contributed by atoms with Gasteiger partial charge in [0.25, 0.3) is 5.91 Å². The molecule has 1 aromatic heterocycles. The average Bonchev–Trinajstić information content (AvgIpc) is 3.38. The topological polar surface area (TPSA) is 64.0 Å². The minimum atomic E-state index is -0.189. The highest BCUT2D eigenvalue weighted by molar-refractivity contribution is 8.13. The third kappa shape index (κ3) is 4.09. The highest BCUT2D eigenvalue weighted by Crippen LogP contribution is 2.35. The lowest BCUT2D eigenvalue weighted by molar-refractivity contribution is -0.113. The van der Waals surface area contributed by atoms with Crippen molar-refractivity contribution in [3.8, 4) is 11.5 Å². The van der Waals surface area contributed by atoms with Crippen LogP contribution >= 0.6 is 23.4 Å². The van der Waals surface area contributed by atoms with Gasteiger partial charge in [-0.25, -0.2) is 9.98 Å². The zero-order valence-electron chi connectivity index (χ0n) is 17.1. The Morgan fingerprint density at radius 3 is 2.75 bits per heavy atom. The lowest BCUT2D eigenvalue weighted by Gasteiger charge is -2.18. The number of anilines is 1. The predicted octanol–water partition coefficient (Wildman–Crippen LogP) is 5.45. The first-order valence-electron chi connectivity index (χ1n) is 9.92. The first-order valence-corrected chi connectivity index (χ1v) is 11.3. The van der Waals surface area contributed by atoms with Crippen LogP contribution < -0.4 is 14.4 Å². The fourth-order valence-corrected chi connectivity index (χ4v) is 4.61. The van der Waals surface area contributed by atoms with Crippen molar-refractivity contribution in [3.05, 3.63) is 88.3 Å². The van der Waals surface area contributed by atoms with Crippen molar-refractivity contribution in [2.24, 2.45) is 4.99 Å². The van der Waals surface area contributed by atoms with E-state index in [-0.39, 0.29) is 12.7 Å². The Balaban J connectivity index is 1.48. The largest absolute Gasteiger partial charge is 0.454 e. The number of hydrogen-bond acceptors (Lipinski definition) is 6. The second-order valence-electron chi connectivity index (χ2n) is 7.25. The minimum Gasteiger partial charge on any atom is -0.454 e. The number of carbonyl (C=O) groups is 1. The Hall–Kier alpha value is -3.29. The van der Waals surface area contributed by atoms with Crippen molar-refractivity contribution >= 4 is 46.2 Å². The van der Waals surface area contributed by atoms with Gasteiger partial charge in [-0.05, 0) is 54.5 Å². The molecule has 3 aromatic rings. The molecule has 0 spiro atoms. The molecule has 0 saturated carbocycles. The van der Waals surface area contributed by atoms with Gasteiger partial charge < -0.3 is 9.47 Å². The monoisotopic (exact) mass is 463 g/mol. The number of nitrogens with zero attached hydrogens (tertiary/aromatic N) is 3. The number of benzene rings is 2. The molecule has 0 saturated heterocycles. The van der Waals surface area contributed by atoms with Gasteiger partial charge in [0.1, 0.15) is 10.9 Å². The highest BCUT2D eigenvalue weighted by atomic mass is 35.5. The molecule has 0 fully saturated rings. The van der Waals surface area contributed by atoms with Crippen LogP contribution in [0.1, 0.15) is 16.7 Å². The Morgan fingerprint density at radius 1 is 1.12 bits per heavy atom. The number of amides is 1. The van der Waals surface area contributed by atoms with E-state index in [2.05, 4.69) is 9.98 Å². The maximum Gasteiger partial charge on any atom is 0.283 e. The van der Waals surface area contributed by atoms with Crippen LogP contribution in [-0.2, 0) is 10.5 Å². The van der Waals surface area contributed by atoms with Crippen molar-refractivity contribution < 1.29 is 14.3 Å². The van der Waals surface area contributed by atoms with Crippen LogP contribution in [0.15, 0.2) is 71.5 Å². The van der Waals surface area contributed by atoms with Gasteiger partial charge in [-0.1, -0.05) is 53.2 Å². The lowest BCUT2D eigenvalue weighted by Crippen LogP contribution is -2.30. The fourth-order valence-electron chi connectivity index (χ4n) is 3.34. The summed E-state index contributed by atoms with van der Waals surface area (Å²) in [4.78, 5) is 23.8. The molecule has 2 aliphatic heterocycles. The molecule has 6 nitrogen and oxygen atoms in total. The molecular weight excluding hydrogens is 446 g/mol. The normalized spacial score (nSPS) is 16.1. The zero-order chi connectivity index (χ0) is 22.1. The molecule has 0 N–H and O–H groups in total. The summed E-state index contributed by atoms with van der Waals surface area (Å²) >= 11 is 7.65. The van der Waals surface area contributed by atoms with Gasteiger partial charge in [-0.2, -0.15) is 0 Å². The molecule has 2 aliphatic rings. The van der Waals surface area contributed by atoms with Crippen LogP contribution in [0.25, 0.3) is 6.08 Å². The summed E-state index contributed by atoms with van der Waals surface area (Å²) in [5.74, 6) is 1.70. The maximum absolute atomic E-state index is 13.4. The van der Waals surface area contributed by atoms with Gasteiger partial charge in [0.15, 0.2) is 16.7 Å². The van der Waals surface area contributed by atoms with E-state index in [1.807, 2.05) is 61.5 Å². The number of rotatable bonds is 4. The van der Waals surface area contributed by atoms with Crippen molar-refractivity contribution in [3.63, 3.8) is 0 Å². The molecule has 8 heteroatoms. The minimum absolute atomic E-state index is 0.189. The van der Waals surface area contributed by atoms with Crippen molar-refractivity contribution in [2.75, 3.05) is 11.7 Å². The Kier molecular flexibility index (Phi) is 5.59. The SMILES string of the molecule is Cc1ccc(N2C(=O)/C(=C/c3ccc4c(c3)OCO4)N=C2SCc2cccnc2Cl)cc1. The van der Waals surface area contributed by atoms with Gasteiger partial charge >= 0.3 is 0 Å². The second kappa shape index (κ2) is 8.68. The van der Waals surface area contributed by atoms with Crippen LogP contribution in [0.5, 0.6) is 11.5 Å². The molecule has 0 bridgehead atoms. The first-order chi connectivity index (χ1) is 15.6. The third-order valence-electron chi connectivity index (χ3n) is 5.01. The summed E-state index contributed by atoms with van der Waals surface area (Å²) in [7, 11) is 0. The van der Waals surface area contributed by atoms with Crippen LogP contribution in [0.4, 0.5) is 5.69 Å². The molecule has 0 unspecified atom stereocenters. The van der Waals surface area contributed by atoms with E-state index in [9.17, 15) is 4.79 Å². The van der Waals surface area contributed by atoms with Gasteiger partial charge in [0, 0.05) is 11.9 Å². The summed E-state index contributed by atoms with van der Waals surface area (Å²) < 4.78 is 10.8. The van der Waals surface area contributed by atoms with Crippen LogP contribution in [0.3, 0.4) is 0 Å². The zero-order valence-corrected chi connectivity index (χ0v) is 18.7. The molecular formula is C24H18ClN3O3S. The van der Waals surface area contributed by atoms with E-state index in [4.69, 9.17) is 21.1 Å². The van der Waals surface area contributed by atoms with E-state index >= 15 is 0 Å². The number of thioether (sulfide) groups is 1. The van der Waals surface area contributed by atoms with E-state index in [0.717, 1.165) is 22.4 Å². The molecule has 1 amide bonds. The van der Waals surface area contributed by atoms with Gasteiger partial charge in [-0.15, -0.1) is 0 Å². The van der Waals surface area contributed by atoms with Gasteiger partial charge in [0.2, 0.25) is 6.79 Å². The molecule has 32 heavy (non-hydrogen) atoms. The number of aliphatic imine (C=N–C) groups is 1. The predicted molar refractivity (Wildman–Crippen MR) is 127 cm³/mol. The number of ether oxygens (including phenoxy) is 2. The number of halogens is 1. The number of carbonyl (C=O) groups excluding carboxylic acids is 1. The number of fused-ring (bicyclic) bond motifs is 1. The molecule has 2 aromatic carbocycles. The molecule has 0 atom stereocenters. The Labute approximate surface area is 194 Å². The fraction of sp³-hybridized carbons (Fsp3) is 0.125. The third-order valence-corrected chi connectivity index (χ3v) is 6.34. The summed E-state index contributed by atoms with van der Waals surface area (Å²) in [6.45, 7) is 2.21. The number of hydrogen-bond donors (Lipinski definition) is 0. The van der Waals surface area contributed by atoms with E-state index in [1.54, 1.807) is 17.2 Å².